The molecule has 1 amide bonds. The van der Waals surface area contributed by atoms with Crippen molar-refractivity contribution in [1.29, 1.82) is 0 Å². The Morgan fingerprint density at radius 1 is 1.09 bits per heavy atom. The van der Waals surface area contributed by atoms with E-state index in [0.29, 0.717) is 15.5 Å². The van der Waals surface area contributed by atoms with Gasteiger partial charge in [0.2, 0.25) is 5.89 Å². The number of halogens is 4. The number of anilines is 1. The summed E-state index contributed by atoms with van der Waals surface area (Å²) in [6.45, 7) is 0. The van der Waals surface area contributed by atoms with Crippen LogP contribution in [0.1, 0.15) is 16.1 Å². The molecular formula is C22H12ClF3N6O2. The summed E-state index contributed by atoms with van der Waals surface area (Å²) in [5.74, 6) is -0.869. The van der Waals surface area contributed by atoms with Crippen LogP contribution < -0.4 is 5.32 Å². The summed E-state index contributed by atoms with van der Waals surface area (Å²) in [5, 5.41) is 7.48. The molecule has 0 atom stereocenters. The molecule has 0 fully saturated rings. The highest BCUT2D eigenvalue weighted by molar-refractivity contribution is 6.33. The van der Waals surface area contributed by atoms with Crippen LogP contribution in [0.5, 0.6) is 0 Å². The van der Waals surface area contributed by atoms with Crippen LogP contribution in [0, 0.1) is 0 Å². The van der Waals surface area contributed by atoms with Gasteiger partial charge in [-0.3, -0.25) is 9.78 Å². The maximum atomic E-state index is 14.1. The fourth-order valence-corrected chi connectivity index (χ4v) is 3.70. The van der Waals surface area contributed by atoms with Gasteiger partial charge in [0.15, 0.2) is 5.69 Å². The fraction of sp³-hybridized carbons (Fsp3) is 0.0455. The molecule has 0 saturated heterocycles. The van der Waals surface area contributed by atoms with Crippen molar-refractivity contribution in [3.05, 3.63) is 83.9 Å². The molecule has 34 heavy (non-hydrogen) atoms. The quantitative estimate of drug-likeness (QED) is 0.367. The molecular weight excluding hydrogens is 473 g/mol. The molecule has 5 aromatic rings. The minimum Gasteiger partial charge on any atom is -0.443 e. The Morgan fingerprint density at radius 3 is 2.68 bits per heavy atom. The van der Waals surface area contributed by atoms with E-state index in [4.69, 9.17) is 16.0 Å². The number of benzene rings is 1. The van der Waals surface area contributed by atoms with Gasteiger partial charge in [0, 0.05) is 17.8 Å². The molecule has 170 valence electrons. The number of carbonyl (C=O) groups is 1. The first-order valence-electron chi connectivity index (χ1n) is 9.68. The van der Waals surface area contributed by atoms with Gasteiger partial charge in [0.05, 0.1) is 40.6 Å². The van der Waals surface area contributed by atoms with Gasteiger partial charge < -0.3 is 9.73 Å². The zero-order valence-corrected chi connectivity index (χ0v) is 17.7. The Bertz CT molecular complexity index is 1510. The van der Waals surface area contributed by atoms with Gasteiger partial charge in [-0.25, -0.2) is 14.6 Å². The van der Waals surface area contributed by atoms with Crippen molar-refractivity contribution < 1.29 is 22.4 Å². The number of alkyl halides is 3. The zero-order chi connectivity index (χ0) is 23.9. The molecule has 0 spiro atoms. The number of oxazole rings is 1. The van der Waals surface area contributed by atoms with E-state index in [9.17, 15) is 18.0 Å². The van der Waals surface area contributed by atoms with Crippen LogP contribution in [0.25, 0.3) is 28.0 Å². The summed E-state index contributed by atoms with van der Waals surface area (Å²) in [4.78, 5) is 24.8. The van der Waals surface area contributed by atoms with E-state index in [1.54, 1.807) is 18.2 Å². The van der Waals surface area contributed by atoms with E-state index in [-0.39, 0.29) is 28.0 Å². The molecule has 8 nitrogen and oxygen atoms in total. The Balaban J connectivity index is 1.53. The van der Waals surface area contributed by atoms with Gasteiger partial charge in [-0.2, -0.15) is 18.3 Å². The van der Waals surface area contributed by atoms with Crippen LogP contribution in [0.15, 0.2) is 72.0 Å². The van der Waals surface area contributed by atoms with Crippen molar-refractivity contribution in [3.63, 3.8) is 0 Å². The number of fused-ring (bicyclic) bond motifs is 1. The Labute approximate surface area is 194 Å². The molecule has 0 saturated carbocycles. The lowest BCUT2D eigenvalue weighted by Gasteiger charge is -2.14. The monoisotopic (exact) mass is 484 g/mol. The second-order valence-electron chi connectivity index (χ2n) is 7.04. The lowest BCUT2D eigenvalue weighted by molar-refractivity contribution is -0.143. The second kappa shape index (κ2) is 8.27. The number of nitrogens with one attached hydrogen (secondary N) is 1. The summed E-state index contributed by atoms with van der Waals surface area (Å²) in [5.41, 5.74) is -1.45. The van der Waals surface area contributed by atoms with Crippen molar-refractivity contribution in [2.24, 2.45) is 0 Å². The minimum absolute atomic E-state index is 0.0838. The summed E-state index contributed by atoms with van der Waals surface area (Å²) in [6, 6.07) is 7.81. The van der Waals surface area contributed by atoms with E-state index in [1.165, 1.54) is 43.2 Å². The Morgan fingerprint density at radius 2 is 1.94 bits per heavy atom. The Hall–Kier alpha value is -4.25. The van der Waals surface area contributed by atoms with Crippen molar-refractivity contribution >= 4 is 34.0 Å². The predicted octanol–water partition coefficient (Wildman–Crippen LogP) is 5.40. The lowest BCUT2D eigenvalue weighted by atomic mass is 10.1. The van der Waals surface area contributed by atoms with Gasteiger partial charge in [0.25, 0.3) is 5.91 Å². The molecule has 1 aromatic carbocycles. The first-order chi connectivity index (χ1) is 16.3. The van der Waals surface area contributed by atoms with E-state index < -0.39 is 23.3 Å². The zero-order valence-electron chi connectivity index (χ0n) is 16.9. The van der Waals surface area contributed by atoms with Crippen LogP contribution in [0.2, 0.25) is 5.02 Å². The number of pyridine rings is 2. The van der Waals surface area contributed by atoms with Gasteiger partial charge >= 0.3 is 6.18 Å². The van der Waals surface area contributed by atoms with Crippen molar-refractivity contribution in [3.8, 4) is 17.3 Å². The van der Waals surface area contributed by atoms with Gasteiger partial charge in [-0.1, -0.05) is 23.7 Å². The average molecular weight is 485 g/mol. The Kier molecular flexibility index (Phi) is 5.25. The molecule has 1 N–H and O–H groups in total. The van der Waals surface area contributed by atoms with Gasteiger partial charge in [-0.05, 0) is 23.6 Å². The van der Waals surface area contributed by atoms with Crippen LogP contribution >= 0.6 is 11.6 Å². The topological polar surface area (TPSA) is 98.7 Å². The van der Waals surface area contributed by atoms with Gasteiger partial charge in [-0.15, -0.1) is 0 Å². The number of hydrogen-bond donors (Lipinski definition) is 1. The van der Waals surface area contributed by atoms with Crippen molar-refractivity contribution in [2.75, 3.05) is 5.32 Å². The predicted molar refractivity (Wildman–Crippen MR) is 117 cm³/mol. The van der Waals surface area contributed by atoms with Crippen molar-refractivity contribution in [2.45, 2.75) is 6.18 Å². The average Bonchev–Trinajstić information content (AvgIpc) is 3.49. The molecule has 4 heterocycles. The molecule has 12 heteroatoms. The molecule has 0 aliphatic heterocycles. The van der Waals surface area contributed by atoms with Crippen LogP contribution in [-0.2, 0) is 6.18 Å². The van der Waals surface area contributed by atoms with Crippen molar-refractivity contribution in [1.82, 2.24) is 24.7 Å². The second-order valence-corrected chi connectivity index (χ2v) is 7.44. The summed E-state index contributed by atoms with van der Waals surface area (Å²) >= 11 is 6.18. The normalized spacial score (nSPS) is 11.6. The third kappa shape index (κ3) is 3.86. The molecule has 0 bridgehead atoms. The van der Waals surface area contributed by atoms with E-state index in [2.05, 4.69) is 25.4 Å². The number of carbonyl (C=O) groups excluding carboxylic acids is 1. The number of rotatable bonds is 4. The van der Waals surface area contributed by atoms with E-state index in [0.717, 1.165) is 6.20 Å². The highest BCUT2D eigenvalue weighted by atomic mass is 35.5. The summed E-state index contributed by atoms with van der Waals surface area (Å²) < 4.78 is 48.1. The molecule has 0 radical (unpaired) electrons. The fourth-order valence-electron chi connectivity index (χ4n) is 3.45. The standard InChI is InChI=1S/C22H12ClF3N6O2/c23-16-8-13(9-29-18(16)21-28-6-7-34-21)31-20(33)15-11-30-32(19(15)22(24,25)26)17-3-1-2-12-4-5-27-10-14(12)17/h1-11H,(H,31,33). The molecule has 0 aliphatic rings. The summed E-state index contributed by atoms with van der Waals surface area (Å²) in [6.07, 6.45) is 2.94. The SMILES string of the molecule is O=C(Nc1cnc(-c2ncco2)c(Cl)c1)c1cnn(-c2cccc3ccncc23)c1C(F)(F)F. The van der Waals surface area contributed by atoms with E-state index in [1.807, 2.05) is 0 Å². The van der Waals surface area contributed by atoms with E-state index >= 15 is 0 Å². The first kappa shape index (κ1) is 21.6. The first-order valence-corrected chi connectivity index (χ1v) is 10.1. The largest absolute Gasteiger partial charge is 0.443 e. The number of hydrogen-bond acceptors (Lipinski definition) is 6. The molecule has 4 aromatic heterocycles. The molecule has 0 aliphatic carbocycles. The minimum atomic E-state index is -4.88. The third-order valence-corrected chi connectivity index (χ3v) is 5.19. The number of aromatic nitrogens is 5. The molecule has 5 rings (SSSR count). The number of nitrogens with zero attached hydrogens (tertiary/aromatic N) is 5. The lowest BCUT2D eigenvalue weighted by Crippen LogP contribution is -2.21. The van der Waals surface area contributed by atoms with Crippen LogP contribution in [0.4, 0.5) is 18.9 Å². The maximum Gasteiger partial charge on any atom is 0.434 e. The van der Waals surface area contributed by atoms with Crippen LogP contribution in [-0.4, -0.2) is 30.6 Å². The molecule has 0 unspecified atom stereocenters. The summed E-state index contributed by atoms with van der Waals surface area (Å²) in [7, 11) is 0. The van der Waals surface area contributed by atoms with Gasteiger partial charge in [0.1, 0.15) is 12.0 Å². The highest BCUT2D eigenvalue weighted by Crippen LogP contribution is 2.35. The smallest absolute Gasteiger partial charge is 0.434 e. The maximum absolute atomic E-state index is 14.1. The number of amides is 1. The highest BCUT2D eigenvalue weighted by Gasteiger charge is 2.41. The third-order valence-electron chi connectivity index (χ3n) is 4.91. The van der Waals surface area contributed by atoms with Crippen LogP contribution in [0.3, 0.4) is 0 Å².